The van der Waals surface area contributed by atoms with Gasteiger partial charge in [0.15, 0.2) is 5.79 Å². The van der Waals surface area contributed by atoms with E-state index >= 15 is 0 Å². The summed E-state index contributed by atoms with van der Waals surface area (Å²) in [5, 5.41) is 18.0. The van der Waals surface area contributed by atoms with Crippen LogP contribution >= 0.6 is 0 Å². The van der Waals surface area contributed by atoms with Crippen LogP contribution in [0.2, 0.25) is 0 Å². The summed E-state index contributed by atoms with van der Waals surface area (Å²) in [4.78, 5) is 0. The maximum Gasteiger partial charge on any atom is 0.191 e. The van der Waals surface area contributed by atoms with Gasteiger partial charge in [0.05, 0.1) is 24.3 Å². The zero-order valence-corrected chi connectivity index (χ0v) is 11.4. The van der Waals surface area contributed by atoms with Crippen LogP contribution in [-0.2, 0) is 15.3 Å². The Morgan fingerprint density at radius 1 is 1.00 bits per heavy atom. The van der Waals surface area contributed by atoms with Crippen LogP contribution in [0.3, 0.4) is 0 Å². The molecule has 0 aromatic heterocycles. The summed E-state index contributed by atoms with van der Waals surface area (Å²) in [6, 6.07) is 9.09. The normalized spacial score (nSPS) is 20.3. The first-order valence-electron chi connectivity index (χ1n) is 6.13. The van der Waals surface area contributed by atoms with Crippen LogP contribution < -0.4 is 0 Å². The molecule has 4 nitrogen and oxygen atoms in total. The molecule has 1 aliphatic rings. The van der Waals surface area contributed by atoms with Crippen LogP contribution in [0.15, 0.2) is 18.2 Å². The first-order chi connectivity index (χ1) is 8.90. The highest BCUT2D eigenvalue weighted by atomic mass is 16.7. The largest absolute Gasteiger partial charge is 0.345 e. The molecular formula is C15H16N2O2. The Labute approximate surface area is 113 Å². The third kappa shape index (κ3) is 2.61. The third-order valence-corrected chi connectivity index (χ3v) is 3.26. The topological polar surface area (TPSA) is 66.0 Å². The smallest absolute Gasteiger partial charge is 0.191 e. The highest BCUT2D eigenvalue weighted by Gasteiger charge is 2.38. The minimum atomic E-state index is -0.852. The van der Waals surface area contributed by atoms with Gasteiger partial charge in [-0.3, -0.25) is 0 Å². The van der Waals surface area contributed by atoms with E-state index in [9.17, 15) is 0 Å². The molecular weight excluding hydrogens is 240 g/mol. The van der Waals surface area contributed by atoms with Crippen molar-refractivity contribution in [3.8, 4) is 12.1 Å². The predicted molar refractivity (Wildman–Crippen MR) is 68.9 cm³/mol. The van der Waals surface area contributed by atoms with Crippen molar-refractivity contribution in [3.05, 3.63) is 34.9 Å². The van der Waals surface area contributed by atoms with E-state index in [1.165, 1.54) is 0 Å². The first kappa shape index (κ1) is 13.5. The second-order valence-electron chi connectivity index (χ2n) is 5.67. The van der Waals surface area contributed by atoms with Crippen molar-refractivity contribution >= 4 is 0 Å². The maximum atomic E-state index is 9.06. The van der Waals surface area contributed by atoms with Crippen molar-refractivity contribution in [2.75, 3.05) is 13.2 Å². The molecule has 4 heteroatoms. The molecule has 1 fully saturated rings. The number of nitriles is 2. The summed E-state index contributed by atoms with van der Waals surface area (Å²) in [7, 11) is 0. The molecule has 0 unspecified atom stereocenters. The molecule has 2 rings (SSSR count). The van der Waals surface area contributed by atoms with Gasteiger partial charge in [-0.2, -0.15) is 10.5 Å². The van der Waals surface area contributed by atoms with E-state index in [1.807, 2.05) is 19.1 Å². The van der Waals surface area contributed by atoms with Crippen LogP contribution in [0.5, 0.6) is 0 Å². The summed E-state index contributed by atoms with van der Waals surface area (Å²) >= 11 is 0. The SMILES string of the molecule is CC1(C)COC(C)(c2ccc(C#N)c(C#N)c2)OC1. The average molecular weight is 256 g/mol. The minimum absolute atomic E-state index is 0.00976. The fraction of sp³-hybridized carbons (Fsp3) is 0.467. The number of nitrogens with zero attached hydrogens (tertiary/aromatic N) is 2. The van der Waals surface area contributed by atoms with Crippen molar-refractivity contribution in [3.63, 3.8) is 0 Å². The lowest BCUT2D eigenvalue weighted by Gasteiger charge is -2.41. The van der Waals surface area contributed by atoms with Crippen molar-refractivity contribution in [2.24, 2.45) is 5.41 Å². The van der Waals surface area contributed by atoms with E-state index < -0.39 is 5.79 Å². The van der Waals surface area contributed by atoms with Crippen LogP contribution in [0, 0.1) is 28.1 Å². The summed E-state index contributed by atoms with van der Waals surface area (Å²) in [6.45, 7) is 7.17. The molecule has 0 atom stereocenters. The number of hydrogen-bond acceptors (Lipinski definition) is 4. The van der Waals surface area contributed by atoms with Gasteiger partial charge in [0.1, 0.15) is 12.1 Å². The Morgan fingerprint density at radius 2 is 1.58 bits per heavy atom. The maximum absolute atomic E-state index is 9.06. The molecule has 0 spiro atoms. The number of benzene rings is 1. The lowest BCUT2D eigenvalue weighted by atomic mass is 9.93. The molecule has 1 saturated heterocycles. The van der Waals surface area contributed by atoms with Crippen LogP contribution in [0.25, 0.3) is 0 Å². The summed E-state index contributed by atoms with van der Waals surface area (Å²) in [6.07, 6.45) is 0. The van der Waals surface area contributed by atoms with Crippen molar-refractivity contribution in [2.45, 2.75) is 26.6 Å². The third-order valence-electron chi connectivity index (χ3n) is 3.26. The number of rotatable bonds is 1. The predicted octanol–water partition coefficient (Wildman–Crippen LogP) is 2.68. The molecule has 98 valence electrons. The lowest BCUT2D eigenvalue weighted by molar-refractivity contribution is -0.298. The monoisotopic (exact) mass is 256 g/mol. The standard InChI is InChI=1S/C15H16N2O2/c1-14(2)9-18-15(3,19-10-14)13-5-4-11(7-16)12(6-13)8-17/h4-6H,9-10H2,1-3H3. The molecule has 0 N–H and O–H groups in total. The van der Waals surface area contributed by atoms with Gasteiger partial charge >= 0.3 is 0 Å². The van der Waals surface area contributed by atoms with Gasteiger partial charge in [-0.15, -0.1) is 0 Å². The molecule has 0 aliphatic carbocycles. The molecule has 19 heavy (non-hydrogen) atoms. The average Bonchev–Trinajstić information content (AvgIpc) is 2.41. The van der Waals surface area contributed by atoms with Gasteiger partial charge in [-0.05, 0) is 19.1 Å². The van der Waals surface area contributed by atoms with Crippen molar-refractivity contribution in [1.82, 2.24) is 0 Å². The first-order valence-corrected chi connectivity index (χ1v) is 6.13. The van der Waals surface area contributed by atoms with E-state index in [0.29, 0.717) is 24.3 Å². The Morgan fingerprint density at radius 3 is 2.11 bits per heavy atom. The van der Waals surface area contributed by atoms with Crippen molar-refractivity contribution in [1.29, 1.82) is 10.5 Å². The van der Waals surface area contributed by atoms with Gasteiger partial charge < -0.3 is 9.47 Å². The van der Waals surface area contributed by atoms with E-state index in [1.54, 1.807) is 18.2 Å². The zero-order valence-electron chi connectivity index (χ0n) is 11.4. The zero-order chi connectivity index (χ0) is 14.1. The van der Waals surface area contributed by atoms with Gasteiger partial charge in [0.2, 0.25) is 0 Å². The Balaban J connectivity index is 2.33. The molecule has 0 bridgehead atoms. The highest BCUT2D eigenvalue weighted by Crippen LogP contribution is 2.36. The van der Waals surface area contributed by atoms with Gasteiger partial charge in [0, 0.05) is 11.0 Å². The van der Waals surface area contributed by atoms with E-state index in [-0.39, 0.29) is 5.41 Å². The Kier molecular flexibility index (Phi) is 3.32. The molecule has 0 radical (unpaired) electrons. The Hall–Kier alpha value is -1.88. The second-order valence-corrected chi connectivity index (χ2v) is 5.67. The van der Waals surface area contributed by atoms with E-state index in [4.69, 9.17) is 20.0 Å². The molecule has 1 aromatic carbocycles. The van der Waals surface area contributed by atoms with E-state index in [0.717, 1.165) is 5.56 Å². The molecule has 0 saturated carbocycles. The fourth-order valence-electron chi connectivity index (χ4n) is 1.93. The quantitative estimate of drug-likeness (QED) is 0.774. The van der Waals surface area contributed by atoms with Gasteiger partial charge in [-0.1, -0.05) is 19.9 Å². The molecule has 1 aromatic rings. The van der Waals surface area contributed by atoms with Crippen LogP contribution in [0.4, 0.5) is 0 Å². The van der Waals surface area contributed by atoms with Gasteiger partial charge in [0.25, 0.3) is 0 Å². The Bertz CT molecular complexity index is 569. The van der Waals surface area contributed by atoms with Gasteiger partial charge in [-0.25, -0.2) is 0 Å². The van der Waals surface area contributed by atoms with Crippen LogP contribution in [-0.4, -0.2) is 13.2 Å². The molecule has 1 heterocycles. The summed E-state index contributed by atoms with van der Waals surface area (Å²) in [5.74, 6) is -0.852. The summed E-state index contributed by atoms with van der Waals surface area (Å²) < 4.78 is 11.7. The number of ether oxygens (including phenoxy) is 2. The fourth-order valence-corrected chi connectivity index (χ4v) is 1.93. The second kappa shape index (κ2) is 4.66. The van der Waals surface area contributed by atoms with Crippen LogP contribution in [0.1, 0.15) is 37.5 Å². The lowest BCUT2D eigenvalue weighted by Crippen LogP contribution is -2.43. The summed E-state index contributed by atoms with van der Waals surface area (Å²) in [5.41, 5.74) is 1.47. The van der Waals surface area contributed by atoms with Crippen molar-refractivity contribution < 1.29 is 9.47 Å². The molecule has 0 amide bonds. The highest BCUT2D eigenvalue weighted by molar-refractivity contribution is 5.48. The minimum Gasteiger partial charge on any atom is -0.345 e. The van der Waals surface area contributed by atoms with E-state index in [2.05, 4.69) is 13.8 Å². The number of hydrogen-bond donors (Lipinski definition) is 0. The molecule has 1 aliphatic heterocycles.